The molecule has 0 saturated heterocycles. The van der Waals surface area contributed by atoms with Crippen molar-refractivity contribution in [3.8, 4) is 0 Å². The van der Waals surface area contributed by atoms with Crippen LogP contribution in [0.1, 0.15) is 36.0 Å². The predicted octanol–water partition coefficient (Wildman–Crippen LogP) is 1.31. The van der Waals surface area contributed by atoms with Crippen LogP contribution in [0.25, 0.3) is 0 Å². The highest BCUT2D eigenvalue weighted by Crippen LogP contribution is 2.29. The zero-order valence-electron chi connectivity index (χ0n) is 10.4. The highest BCUT2D eigenvalue weighted by molar-refractivity contribution is 5.93. The van der Waals surface area contributed by atoms with E-state index in [0.717, 1.165) is 12.8 Å². The number of carbonyl (C=O) groups is 2. The van der Waals surface area contributed by atoms with Gasteiger partial charge in [0.1, 0.15) is 5.76 Å². The number of rotatable bonds is 5. The molecule has 1 heterocycles. The fraction of sp³-hybridized carbons (Fsp3) is 0.583. The number of aromatic nitrogens is 1. The molecule has 18 heavy (non-hydrogen) atoms. The van der Waals surface area contributed by atoms with Gasteiger partial charge in [0.2, 0.25) is 0 Å². The molecule has 1 aliphatic rings. The monoisotopic (exact) mass is 252 g/mol. The molecule has 2 rings (SSSR count). The van der Waals surface area contributed by atoms with E-state index in [-0.39, 0.29) is 24.2 Å². The molecule has 0 radical (unpaired) electrons. The van der Waals surface area contributed by atoms with Gasteiger partial charge in [0, 0.05) is 18.7 Å². The van der Waals surface area contributed by atoms with E-state index in [0.29, 0.717) is 5.76 Å². The first-order valence-corrected chi connectivity index (χ1v) is 5.96. The number of amides is 1. The van der Waals surface area contributed by atoms with Crippen LogP contribution in [0.15, 0.2) is 10.6 Å². The van der Waals surface area contributed by atoms with Crippen molar-refractivity contribution in [2.24, 2.45) is 5.92 Å². The van der Waals surface area contributed by atoms with E-state index < -0.39 is 11.9 Å². The lowest BCUT2D eigenvalue weighted by Crippen LogP contribution is -2.38. The molecule has 1 aliphatic carbocycles. The first-order chi connectivity index (χ1) is 8.49. The second-order valence-electron chi connectivity index (χ2n) is 4.75. The zero-order valence-corrected chi connectivity index (χ0v) is 10.4. The van der Waals surface area contributed by atoms with Crippen LogP contribution in [-0.2, 0) is 4.79 Å². The Hall–Kier alpha value is -1.85. The van der Waals surface area contributed by atoms with Gasteiger partial charge in [-0.25, -0.2) is 0 Å². The van der Waals surface area contributed by atoms with E-state index in [9.17, 15) is 9.59 Å². The van der Waals surface area contributed by atoms with Gasteiger partial charge in [0.25, 0.3) is 5.91 Å². The molecular formula is C12H16N2O4. The maximum atomic E-state index is 12.2. The topological polar surface area (TPSA) is 83.6 Å². The Morgan fingerprint density at radius 2 is 2.28 bits per heavy atom. The maximum absolute atomic E-state index is 12.2. The molecule has 0 aliphatic heterocycles. The van der Waals surface area contributed by atoms with E-state index in [2.05, 4.69) is 5.16 Å². The molecule has 0 bridgehead atoms. The number of hydrogen-bond acceptors (Lipinski definition) is 4. The highest BCUT2D eigenvalue weighted by Gasteiger charge is 2.35. The fourth-order valence-corrected chi connectivity index (χ4v) is 1.77. The summed E-state index contributed by atoms with van der Waals surface area (Å²) in [5.41, 5.74) is 0.247. The van der Waals surface area contributed by atoms with E-state index in [1.807, 2.05) is 0 Å². The van der Waals surface area contributed by atoms with Gasteiger partial charge in [-0.05, 0) is 19.8 Å². The summed E-state index contributed by atoms with van der Waals surface area (Å²) >= 11 is 0. The molecule has 1 saturated carbocycles. The van der Waals surface area contributed by atoms with Gasteiger partial charge in [-0.1, -0.05) is 12.1 Å². The molecule has 1 aromatic rings. The Kier molecular flexibility index (Phi) is 3.36. The minimum Gasteiger partial charge on any atom is -0.481 e. The van der Waals surface area contributed by atoms with Crippen LogP contribution in [0, 0.1) is 12.8 Å². The summed E-state index contributed by atoms with van der Waals surface area (Å²) in [6, 6.07) is 1.72. The number of hydrogen-bond donors (Lipinski definition) is 1. The van der Waals surface area contributed by atoms with E-state index in [1.54, 1.807) is 24.8 Å². The van der Waals surface area contributed by atoms with Crippen molar-refractivity contribution in [3.05, 3.63) is 17.5 Å². The minimum atomic E-state index is -0.898. The molecule has 1 fully saturated rings. The quantitative estimate of drug-likeness (QED) is 0.854. The second kappa shape index (κ2) is 4.80. The zero-order chi connectivity index (χ0) is 13.3. The van der Waals surface area contributed by atoms with Crippen molar-refractivity contribution in [1.29, 1.82) is 0 Å². The summed E-state index contributed by atoms with van der Waals surface area (Å²) in [6.07, 6.45) is 1.85. The van der Waals surface area contributed by atoms with Crippen LogP contribution in [-0.4, -0.2) is 39.6 Å². The van der Waals surface area contributed by atoms with Gasteiger partial charge in [-0.2, -0.15) is 0 Å². The number of nitrogens with zero attached hydrogens (tertiary/aromatic N) is 2. The number of carbonyl (C=O) groups excluding carboxylic acids is 1. The van der Waals surface area contributed by atoms with E-state index >= 15 is 0 Å². The van der Waals surface area contributed by atoms with Gasteiger partial charge >= 0.3 is 5.97 Å². The predicted molar refractivity (Wildman–Crippen MR) is 62.1 cm³/mol. The lowest BCUT2D eigenvalue weighted by atomic mass is 10.1. The first-order valence-electron chi connectivity index (χ1n) is 5.96. The maximum Gasteiger partial charge on any atom is 0.308 e. The van der Waals surface area contributed by atoms with Crippen LogP contribution < -0.4 is 0 Å². The molecule has 0 spiro atoms. The van der Waals surface area contributed by atoms with Gasteiger partial charge in [-0.15, -0.1) is 0 Å². The van der Waals surface area contributed by atoms with Crippen molar-refractivity contribution >= 4 is 11.9 Å². The van der Waals surface area contributed by atoms with E-state index in [4.69, 9.17) is 9.63 Å². The Morgan fingerprint density at radius 3 is 2.72 bits per heavy atom. The van der Waals surface area contributed by atoms with Gasteiger partial charge in [-0.3, -0.25) is 9.59 Å². The van der Waals surface area contributed by atoms with Crippen molar-refractivity contribution in [1.82, 2.24) is 10.1 Å². The molecule has 1 atom stereocenters. The SMILES string of the molecule is Cc1cc(C(=O)N(C[C@@H](C)C(=O)O)C2CC2)no1. The minimum absolute atomic E-state index is 0.149. The highest BCUT2D eigenvalue weighted by atomic mass is 16.5. The molecular weight excluding hydrogens is 236 g/mol. The van der Waals surface area contributed by atoms with Crippen molar-refractivity contribution < 1.29 is 19.2 Å². The fourth-order valence-electron chi connectivity index (χ4n) is 1.77. The van der Waals surface area contributed by atoms with Crippen molar-refractivity contribution in [2.75, 3.05) is 6.54 Å². The third-order valence-electron chi connectivity index (χ3n) is 2.99. The Balaban J connectivity index is 2.10. The number of carboxylic acids is 1. The smallest absolute Gasteiger partial charge is 0.308 e. The van der Waals surface area contributed by atoms with Crippen molar-refractivity contribution in [2.45, 2.75) is 32.7 Å². The van der Waals surface area contributed by atoms with E-state index in [1.165, 1.54) is 0 Å². The standard InChI is InChI=1S/C12H16N2O4/c1-7(12(16)17)6-14(9-3-4-9)11(15)10-5-8(2)18-13-10/h5,7,9H,3-4,6H2,1-2H3,(H,16,17)/t7-/m1/s1. The number of aryl methyl sites for hydroxylation is 1. The molecule has 1 aromatic heterocycles. The average Bonchev–Trinajstić information content (AvgIpc) is 3.07. The molecule has 1 N–H and O–H groups in total. The number of aliphatic carboxylic acids is 1. The number of carboxylic acid groups (broad SMARTS) is 1. The van der Waals surface area contributed by atoms with Crippen molar-refractivity contribution in [3.63, 3.8) is 0 Å². The average molecular weight is 252 g/mol. The Bertz CT molecular complexity index is 464. The summed E-state index contributed by atoms with van der Waals surface area (Å²) in [5, 5.41) is 12.6. The summed E-state index contributed by atoms with van der Waals surface area (Å²) < 4.78 is 4.87. The van der Waals surface area contributed by atoms with Gasteiger partial charge < -0.3 is 14.5 Å². The summed E-state index contributed by atoms with van der Waals surface area (Å²) in [6.45, 7) is 3.52. The second-order valence-corrected chi connectivity index (χ2v) is 4.75. The third-order valence-corrected chi connectivity index (χ3v) is 2.99. The van der Waals surface area contributed by atoms with Crippen LogP contribution in [0.2, 0.25) is 0 Å². The molecule has 98 valence electrons. The van der Waals surface area contributed by atoms with Crippen LogP contribution in [0.3, 0.4) is 0 Å². The summed E-state index contributed by atoms with van der Waals surface area (Å²) in [4.78, 5) is 24.7. The molecule has 6 nitrogen and oxygen atoms in total. The molecule has 1 amide bonds. The molecule has 6 heteroatoms. The third kappa shape index (κ3) is 2.69. The Labute approximate surface area is 105 Å². The normalized spacial score (nSPS) is 16.3. The van der Waals surface area contributed by atoms with Gasteiger partial charge in [0.05, 0.1) is 5.92 Å². The molecule has 0 aromatic carbocycles. The Morgan fingerprint density at radius 1 is 1.61 bits per heavy atom. The van der Waals surface area contributed by atoms with Crippen LogP contribution >= 0.6 is 0 Å². The lowest BCUT2D eigenvalue weighted by molar-refractivity contribution is -0.141. The van der Waals surface area contributed by atoms with Crippen LogP contribution in [0.4, 0.5) is 0 Å². The van der Waals surface area contributed by atoms with Crippen LogP contribution in [0.5, 0.6) is 0 Å². The summed E-state index contributed by atoms with van der Waals surface area (Å²) in [7, 11) is 0. The molecule has 0 unspecified atom stereocenters. The largest absolute Gasteiger partial charge is 0.481 e. The lowest BCUT2D eigenvalue weighted by Gasteiger charge is -2.23. The summed E-state index contributed by atoms with van der Waals surface area (Å²) in [5.74, 6) is -1.16. The first kappa shape index (κ1) is 12.6. The van der Waals surface area contributed by atoms with Gasteiger partial charge in [0.15, 0.2) is 5.69 Å².